The van der Waals surface area contributed by atoms with E-state index in [0.29, 0.717) is 0 Å². The lowest BCUT2D eigenvalue weighted by Gasteiger charge is -2.32. The third-order valence-electron chi connectivity index (χ3n) is 3.90. The highest BCUT2D eigenvalue weighted by atomic mass is 16.5. The Morgan fingerprint density at radius 2 is 1.76 bits per heavy atom. The van der Waals surface area contributed by atoms with Gasteiger partial charge in [0.15, 0.2) is 6.61 Å². The lowest BCUT2D eigenvalue weighted by atomic mass is 10.1. The zero-order valence-electron chi connectivity index (χ0n) is 13.1. The smallest absolute Gasteiger partial charge is 0.260 e. The number of aliphatic hydroxyl groups is 1. The molecule has 116 valence electrons. The average molecular weight is 292 g/mol. The molecule has 0 saturated carbocycles. The van der Waals surface area contributed by atoms with E-state index in [1.165, 1.54) is 0 Å². The third kappa shape index (κ3) is 3.95. The van der Waals surface area contributed by atoms with Gasteiger partial charge in [0.1, 0.15) is 5.75 Å². The van der Waals surface area contributed by atoms with Crippen molar-refractivity contribution in [2.24, 2.45) is 0 Å². The SMILES string of the molecule is Cc1cc(CO)cc(C)c1OCC(=O)N1CCN(C)CC1. The Morgan fingerprint density at radius 1 is 1.19 bits per heavy atom. The number of carbonyl (C=O) groups excluding carboxylic acids is 1. The normalized spacial score (nSPS) is 16.1. The van der Waals surface area contributed by atoms with Crippen LogP contribution in [-0.4, -0.2) is 60.6 Å². The summed E-state index contributed by atoms with van der Waals surface area (Å²) in [4.78, 5) is 16.2. The molecule has 0 aliphatic carbocycles. The Balaban J connectivity index is 1.95. The molecule has 0 unspecified atom stereocenters. The number of hydrogen-bond acceptors (Lipinski definition) is 4. The fraction of sp³-hybridized carbons (Fsp3) is 0.562. The Kier molecular flexibility index (Phi) is 5.20. The highest BCUT2D eigenvalue weighted by Crippen LogP contribution is 2.25. The van der Waals surface area contributed by atoms with Gasteiger partial charge in [-0.05, 0) is 37.6 Å². The van der Waals surface area contributed by atoms with Crippen LogP contribution in [0.3, 0.4) is 0 Å². The van der Waals surface area contributed by atoms with Crippen molar-refractivity contribution in [3.05, 3.63) is 28.8 Å². The Labute approximate surface area is 126 Å². The van der Waals surface area contributed by atoms with Crippen molar-refractivity contribution in [3.8, 4) is 5.75 Å². The van der Waals surface area contributed by atoms with Crippen LogP contribution in [0, 0.1) is 13.8 Å². The first-order valence-electron chi connectivity index (χ1n) is 7.31. The Bertz CT molecular complexity index is 485. The molecule has 5 heteroatoms. The molecule has 5 nitrogen and oxygen atoms in total. The van der Waals surface area contributed by atoms with Crippen LogP contribution < -0.4 is 4.74 Å². The van der Waals surface area contributed by atoms with E-state index in [9.17, 15) is 9.90 Å². The van der Waals surface area contributed by atoms with E-state index in [1.54, 1.807) is 0 Å². The average Bonchev–Trinajstić information content (AvgIpc) is 2.46. The van der Waals surface area contributed by atoms with Crippen LogP contribution in [0.2, 0.25) is 0 Å². The molecule has 1 aromatic carbocycles. The molecular weight excluding hydrogens is 268 g/mol. The number of benzene rings is 1. The van der Waals surface area contributed by atoms with Crippen molar-refractivity contribution in [1.29, 1.82) is 0 Å². The predicted molar refractivity (Wildman–Crippen MR) is 81.4 cm³/mol. The zero-order chi connectivity index (χ0) is 15.4. The van der Waals surface area contributed by atoms with E-state index < -0.39 is 0 Å². The van der Waals surface area contributed by atoms with E-state index in [1.807, 2.05) is 30.9 Å². The molecule has 0 aromatic heterocycles. The Hall–Kier alpha value is -1.59. The molecule has 1 aromatic rings. The van der Waals surface area contributed by atoms with Crippen molar-refractivity contribution in [3.63, 3.8) is 0 Å². The van der Waals surface area contributed by atoms with E-state index >= 15 is 0 Å². The summed E-state index contributed by atoms with van der Waals surface area (Å²) >= 11 is 0. The maximum atomic E-state index is 12.2. The monoisotopic (exact) mass is 292 g/mol. The largest absolute Gasteiger partial charge is 0.483 e. The number of rotatable bonds is 4. The fourth-order valence-corrected chi connectivity index (χ4v) is 2.64. The first kappa shape index (κ1) is 15.8. The minimum absolute atomic E-state index is 0.0161. The topological polar surface area (TPSA) is 53.0 Å². The first-order chi connectivity index (χ1) is 10.0. The van der Waals surface area contributed by atoms with Crippen LogP contribution in [0.4, 0.5) is 0 Å². The quantitative estimate of drug-likeness (QED) is 0.898. The van der Waals surface area contributed by atoms with Crippen molar-refractivity contribution in [2.75, 3.05) is 39.8 Å². The van der Waals surface area contributed by atoms with E-state index in [2.05, 4.69) is 11.9 Å². The van der Waals surface area contributed by atoms with Gasteiger partial charge in [0.2, 0.25) is 0 Å². The molecule has 21 heavy (non-hydrogen) atoms. The fourth-order valence-electron chi connectivity index (χ4n) is 2.64. The molecule has 0 atom stereocenters. The second-order valence-electron chi connectivity index (χ2n) is 5.69. The summed E-state index contributed by atoms with van der Waals surface area (Å²) in [7, 11) is 2.06. The van der Waals surface area contributed by atoms with Crippen LogP contribution in [0.5, 0.6) is 5.75 Å². The molecule has 2 rings (SSSR count). The van der Waals surface area contributed by atoms with Gasteiger partial charge in [0, 0.05) is 26.2 Å². The van der Waals surface area contributed by atoms with Gasteiger partial charge in [0.05, 0.1) is 6.61 Å². The number of aryl methyl sites for hydroxylation is 2. The van der Waals surface area contributed by atoms with Crippen molar-refractivity contribution >= 4 is 5.91 Å². The highest BCUT2D eigenvalue weighted by Gasteiger charge is 2.19. The van der Waals surface area contributed by atoms with E-state index in [0.717, 1.165) is 48.6 Å². The van der Waals surface area contributed by atoms with Crippen LogP contribution in [-0.2, 0) is 11.4 Å². The van der Waals surface area contributed by atoms with Crippen LogP contribution >= 0.6 is 0 Å². The zero-order valence-corrected chi connectivity index (χ0v) is 13.1. The van der Waals surface area contributed by atoms with Gasteiger partial charge in [-0.1, -0.05) is 12.1 Å². The number of amides is 1. The van der Waals surface area contributed by atoms with Crippen molar-refractivity contribution in [1.82, 2.24) is 9.80 Å². The summed E-state index contributed by atoms with van der Waals surface area (Å²) in [5.74, 6) is 0.780. The van der Waals surface area contributed by atoms with Gasteiger partial charge in [-0.15, -0.1) is 0 Å². The minimum atomic E-state index is 0.0161. The van der Waals surface area contributed by atoms with Crippen LogP contribution in [0.15, 0.2) is 12.1 Å². The van der Waals surface area contributed by atoms with Crippen molar-refractivity contribution < 1.29 is 14.6 Å². The van der Waals surface area contributed by atoms with E-state index in [4.69, 9.17) is 4.74 Å². The number of ether oxygens (including phenoxy) is 1. The molecule has 1 aliphatic heterocycles. The summed E-state index contributed by atoms with van der Waals surface area (Å²) < 4.78 is 5.72. The molecular formula is C16H24N2O3. The maximum absolute atomic E-state index is 12.2. The summed E-state index contributed by atoms with van der Waals surface area (Å²) in [5.41, 5.74) is 2.76. The number of aliphatic hydroxyl groups excluding tert-OH is 1. The third-order valence-corrected chi connectivity index (χ3v) is 3.90. The van der Waals surface area contributed by atoms with Gasteiger partial charge < -0.3 is 19.6 Å². The lowest BCUT2D eigenvalue weighted by Crippen LogP contribution is -2.48. The maximum Gasteiger partial charge on any atom is 0.260 e. The predicted octanol–water partition coefficient (Wildman–Crippen LogP) is 0.949. The van der Waals surface area contributed by atoms with Gasteiger partial charge >= 0.3 is 0 Å². The van der Waals surface area contributed by atoms with E-state index in [-0.39, 0.29) is 19.1 Å². The summed E-state index contributed by atoms with van der Waals surface area (Å²) in [6.45, 7) is 7.31. The number of likely N-dealkylation sites (N-methyl/N-ethyl adjacent to an activating group) is 1. The number of hydrogen-bond donors (Lipinski definition) is 1. The standard InChI is InChI=1S/C16H24N2O3/c1-12-8-14(10-19)9-13(2)16(12)21-11-15(20)18-6-4-17(3)5-7-18/h8-9,19H,4-7,10-11H2,1-3H3. The molecule has 0 radical (unpaired) electrons. The number of carbonyl (C=O) groups is 1. The van der Waals surface area contributed by atoms with Gasteiger partial charge in [-0.3, -0.25) is 4.79 Å². The number of piperazine rings is 1. The minimum Gasteiger partial charge on any atom is -0.483 e. The van der Waals surface area contributed by atoms with Crippen LogP contribution in [0.25, 0.3) is 0 Å². The van der Waals surface area contributed by atoms with Crippen molar-refractivity contribution in [2.45, 2.75) is 20.5 Å². The number of nitrogens with zero attached hydrogens (tertiary/aromatic N) is 2. The molecule has 1 saturated heterocycles. The summed E-state index contributed by atoms with van der Waals surface area (Å²) in [5, 5.41) is 9.18. The first-order valence-corrected chi connectivity index (χ1v) is 7.31. The molecule has 0 bridgehead atoms. The van der Waals surface area contributed by atoms with Gasteiger partial charge in [-0.2, -0.15) is 0 Å². The molecule has 1 aliphatic rings. The van der Waals surface area contributed by atoms with Gasteiger partial charge in [-0.25, -0.2) is 0 Å². The molecule has 1 amide bonds. The van der Waals surface area contributed by atoms with Crippen LogP contribution in [0.1, 0.15) is 16.7 Å². The summed E-state index contributed by atoms with van der Waals surface area (Å²) in [6.07, 6.45) is 0. The molecule has 1 heterocycles. The van der Waals surface area contributed by atoms with Gasteiger partial charge in [0.25, 0.3) is 5.91 Å². The molecule has 1 N–H and O–H groups in total. The summed E-state index contributed by atoms with van der Waals surface area (Å²) in [6, 6.07) is 3.78. The second kappa shape index (κ2) is 6.91. The molecule has 0 spiro atoms. The molecule has 1 fully saturated rings. The highest BCUT2D eigenvalue weighted by molar-refractivity contribution is 5.78. The lowest BCUT2D eigenvalue weighted by molar-refractivity contribution is -0.134. The second-order valence-corrected chi connectivity index (χ2v) is 5.69. The Morgan fingerprint density at radius 3 is 2.29 bits per heavy atom.